The van der Waals surface area contributed by atoms with Crippen LogP contribution in [-0.4, -0.2) is 22.9 Å². The number of carbonyl (C=O) groups is 1. The van der Waals surface area contributed by atoms with E-state index in [1.807, 2.05) is 0 Å². The van der Waals surface area contributed by atoms with Crippen molar-refractivity contribution in [3.05, 3.63) is 47.5 Å². The molecule has 6 heteroatoms. The van der Waals surface area contributed by atoms with Crippen LogP contribution >= 0.6 is 11.8 Å². The zero-order valence-corrected chi connectivity index (χ0v) is 15.8. The predicted octanol–water partition coefficient (Wildman–Crippen LogP) is 5.68. The van der Waals surface area contributed by atoms with Crippen LogP contribution in [0, 0.1) is 18.6 Å². The summed E-state index contributed by atoms with van der Waals surface area (Å²) < 4.78 is 34.4. The Labute approximate surface area is 156 Å². The average Bonchev–Trinajstić information content (AvgIpc) is 2.54. The summed E-state index contributed by atoms with van der Waals surface area (Å²) in [6.07, 6.45) is 0.321. The molecular formula is C20H22F2O3S. The first kappa shape index (κ1) is 20.2. The molecule has 0 bridgehead atoms. The number of aryl methyl sites for hydroxylation is 1. The van der Waals surface area contributed by atoms with Gasteiger partial charge in [-0.25, -0.2) is 8.78 Å². The maximum atomic E-state index is 14.4. The summed E-state index contributed by atoms with van der Waals surface area (Å²) in [7, 11) is 0. The number of rotatable bonds is 8. The average molecular weight is 380 g/mol. The molecule has 0 aromatic heterocycles. The molecule has 0 fully saturated rings. The quantitative estimate of drug-likeness (QED) is 0.472. The maximum absolute atomic E-state index is 14.4. The summed E-state index contributed by atoms with van der Waals surface area (Å²) in [4.78, 5) is 11.0. The van der Waals surface area contributed by atoms with Gasteiger partial charge in [-0.1, -0.05) is 6.07 Å². The summed E-state index contributed by atoms with van der Waals surface area (Å²) in [6.45, 7) is 5.38. The molecule has 0 saturated carbocycles. The van der Waals surface area contributed by atoms with Crippen molar-refractivity contribution in [2.75, 3.05) is 5.75 Å². The number of carboxylic acid groups (broad SMARTS) is 1. The molecule has 0 heterocycles. The Morgan fingerprint density at radius 1 is 1.19 bits per heavy atom. The van der Waals surface area contributed by atoms with Crippen LogP contribution in [0.2, 0.25) is 0 Å². The van der Waals surface area contributed by atoms with Gasteiger partial charge in [0.05, 0.1) is 6.10 Å². The fraction of sp³-hybridized carbons (Fsp3) is 0.350. The van der Waals surface area contributed by atoms with E-state index in [0.29, 0.717) is 28.2 Å². The normalized spacial score (nSPS) is 11.0. The minimum atomic E-state index is -0.861. The van der Waals surface area contributed by atoms with Crippen LogP contribution in [-0.2, 0) is 4.79 Å². The van der Waals surface area contributed by atoms with Crippen molar-refractivity contribution >= 4 is 17.7 Å². The largest absolute Gasteiger partial charge is 0.487 e. The standard InChI is InChI=1S/C20H22F2O3S/c1-12(2)25-20-15(9-13(3)10-17(20)22)14-6-7-18(16(21)11-14)26-8-4-5-19(23)24/h6-7,9-12H,4-5,8H2,1-3H3,(H,23,24). The van der Waals surface area contributed by atoms with E-state index in [2.05, 4.69) is 0 Å². The van der Waals surface area contributed by atoms with Gasteiger partial charge in [0.15, 0.2) is 11.6 Å². The first-order valence-electron chi connectivity index (χ1n) is 8.39. The summed E-state index contributed by atoms with van der Waals surface area (Å²) >= 11 is 1.27. The first-order valence-corrected chi connectivity index (χ1v) is 9.37. The Morgan fingerprint density at radius 2 is 1.92 bits per heavy atom. The zero-order chi connectivity index (χ0) is 19.3. The second-order valence-electron chi connectivity index (χ2n) is 6.28. The third kappa shape index (κ3) is 5.46. The summed E-state index contributed by atoms with van der Waals surface area (Å²) in [5, 5.41) is 8.63. The number of thioether (sulfide) groups is 1. The van der Waals surface area contributed by atoms with Gasteiger partial charge in [0.2, 0.25) is 0 Å². The van der Waals surface area contributed by atoms with Crippen molar-refractivity contribution in [1.82, 2.24) is 0 Å². The fourth-order valence-electron chi connectivity index (χ4n) is 2.49. The number of ether oxygens (including phenoxy) is 1. The van der Waals surface area contributed by atoms with Gasteiger partial charge in [0.25, 0.3) is 0 Å². The Balaban J connectivity index is 2.27. The fourth-order valence-corrected chi connectivity index (χ4v) is 3.36. The van der Waals surface area contributed by atoms with E-state index in [0.717, 1.165) is 5.56 Å². The van der Waals surface area contributed by atoms with E-state index >= 15 is 0 Å². The molecule has 0 unspecified atom stereocenters. The summed E-state index contributed by atoms with van der Waals surface area (Å²) in [5.74, 6) is -1.11. The van der Waals surface area contributed by atoms with Crippen LogP contribution < -0.4 is 4.74 Å². The SMILES string of the molecule is Cc1cc(F)c(OC(C)C)c(-c2ccc(SCCCC(=O)O)c(F)c2)c1. The van der Waals surface area contributed by atoms with Gasteiger partial charge in [-0.05, 0) is 68.3 Å². The van der Waals surface area contributed by atoms with Gasteiger partial charge in [-0.3, -0.25) is 4.79 Å². The topological polar surface area (TPSA) is 46.5 Å². The molecule has 140 valence electrons. The van der Waals surface area contributed by atoms with Gasteiger partial charge >= 0.3 is 5.97 Å². The number of carboxylic acids is 1. The third-order valence-corrected chi connectivity index (χ3v) is 4.71. The van der Waals surface area contributed by atoms with Crippen molar-refractivity contribution < 1.29 is 23.4 Å². The number of benzene rings is 2. The molecule has 2 aromatic carbocycles. The zero-order valence-electron chi connectivity index (χ0n) is 15.0. The molecule has 1 N–H and O–H groups in total. The van der Waals surface area contributed by atoms with E-state index in [1.165, 1.54) is 23.9 Å². The lowest BCUT2D eigenvalue weighted by molar-refractivity contribution is -0.137. The third-order valence-electron chi connectivity index (χ3n) is 3.58. The van der Waals surface area contributed by atoms with Crippen LogP contribution in [0.3, 0.4) is 0 Å². The molecule has 2 rings (SSSR count). The lowest BCUT2D eigenvalue weighted by Gasteiger charge is -2.16. The Morgan fingerprint density at radius 3 is 2.54 bits per heavy atom. The van der Waals surface area contributed by atoms with Crippen LogP contribution in [0.1, 0.15) is 32.3 Å². The predicted molar refractivity (Wildman–Crippen MR) is 99.9 cm³/mol. The van der Waals surface area contributed by atoms with Gasteiger partial charge in [-0.2, -0.15) is 0 Å². The van der Waals surface area contributed by atoms with Gasteiger partial charge in [0.1, 0.15) is 5.82 Å². The highest BCUT2D eigenvalue weighted by molar-refractivity contribution is 7.99. The second kappa shape index (κ2) is 9.03. The Bertz CT molecular complexity index is 791. The van der Waals surface area contributed by atoms with E-state index in [1.54, 1.807) is 39.0 Å². The number of hydrogen-bond acceptors (Lipinski definition) is 3. The van der Waals surface area contributed by atoms with Crippen LogP contribution in [0.4, 0.5) is 8.78 Å². The van der Waals surface area contributed by atoms with E-state index in [4.69, 9.17) is 9.84 Å². The smallest absolute Gasteiger partial charge is 0.303 e. The molecule has 0 aliphatic heterocycles. The molecule has 0 saturated heterocycles. The van der Waals surface area contributed by atoms with E-state index < -0.39 is 17.6 Å². The molecule has 0 amide bonds. The molecule has 0 aliphatic rings. The molecule has 26 heavy (non-hydrogen) atoms. The number of halogens is 2. The van der Waals surface area contributed by atoms with Gasteiger partial charge in [-0.15, -0.1) is 11.8 Å². The molecule has 0 radical (unpaired) electrons. The molecule has 0 aliphatic carbocycles. The molecule has 0 spiro atoms. The molecule has 3 nitrogen and oxygen atoms in total. The van der Waals surface area contributed by atoms with Gasteiger partial charge < -0.3 is 9.84 Å². The van der Waals surface area contributed by atoms with E-state index in [9.17, 15) is 13.6 Å². The highest BCUT2D eigenvalue weighted by atomic mass is 32.2. The lowest BCUT2D eigenvalue weighted by Crippen LogP contribution is -2.08. The Hall–Kier alpha value is -2.08. The van der Waals surface area contributed by atoms with Crippen molar-refractivity contribution in [2.24, 2.45) is 0 Å². The minimum Gasteiger partial charge on any atom is -0.487 e. The lowest BCUT2D eigenvalue weighted by atomic mass is 10.0. The Kier molecular flexibility index (Phi) is 7.03. The molecule has 0 atom stereocenters. The number of hydrogen-bond donors (Lipinski definition) is 1. The van der Waals surface area contributed by atoms with Crippen molar-refractivity contribution in [3.63, 3.8) is 0 Å². The van der Waals surface area contributed by atoms with Crippen LogP contribution in [0.25, 0.3) is 11.1 Å². The molecular weight excluding hydrogens is 358 g/mol. The second-order valence-corrected chi connectivity index (χ2v) is 7.42. The monoisotopic (exact) mass is 380 g/mol. The van der Waals surface area contributed by atoms with Crippen molar-refractivity contribution in [2.45, 2.75) is 44.6 Å². The van der Waals surface area contributed by atoms with E-state index in [-0.39, 0.29) is 18.3 Å². The minimum absolute atomic E-state index is 0.0607. The highest BCUT2D eigenvalue weighted by Crippen LogP contribution is 2.36. The maximum Gasteiger partial charge on any atom is 0.303 e. The van der Waals surface area contributed by atoms with Crippen LogP contribution in [0.15, 0.2) is 35.2 Å². The van der Waals surface area contributed by atoms with Crippen LogP contribution in [0.5, 0.6) is 5.75 Å². The summed E-state index contributed by atoms with van der Waals surface area (Å²) in [6, 6.07) is 7.89. The van der Waals surface area contributed by atoms with Crippen molar-refractivity contribution in [1.29, 1.82) is 0 Å². The highest BCUT2D eigenvalue weighted by Gasteiger charge is 2.16. The molecule has 2 aromatic rings. The number of aliphatic carboxylic acids is 1. The van der Waals surface area contributed by atoms with Gasteiger partial charge in [0, 0.05) is 16.9 Å². The van der Waals surface area contributed by atoms with Crippen molar-refractivity contribution in [3.8, 4) is 16.9 Å². The summed E-state index contributed by atoms with van der Waals surface area (Å²) in [5.41, 5.74) is 1.77. The first-order chi connectivity index (χ1) is 12.3.